The lowest BCUT2D eigenvalue weighted by Crippen LogP contribution is -2.16. The molecule has 0 radical (unpaired) electrons. The van der Waals surface area contributed by atoms with Crippen LogP contribution in [0.3, 0.4) is 0 Å². The van der Waals surface area contributed by atoms with Gasteiger partial charge < -0.3 is 0 Å². The van der Waals surface area contributed by atoms with Crippen molar-refractivity contribution in [3.05, 3.63) is 41.1 Å². The van der Waals surface area contributed by atoms with Crippen LogP contribution in [-0.4, -0.2) is 8.07 Å². The SMILES string of the molecule is CC/C(=C\[Si](C)(C)C)c1cccc(CCCCCC(C)(C)C)c1. The van der Waals surface area contributed by atoms with Crippen molar-refractivity contribution < 1.29 is 0 Å². The molecule has 0 spiro atoms. The fourth-order valence-electron chi connectivity index (χ4n) is 3.00. The van der Waals surface area contributed by atoms with Gasteiger partial charge in [-0.25, -0.2) is 0 Å². The van der Waals surface area contributed by atoms with Gasteiger partial charge in [0.05, 0.1) is 8.07 Å². The van der Waals surface area contributed by atoms with Crippen molar-refractivity contribution in [2.75, 3.05) is 0 Å². The first-order chi connectivity index (χ1) is 10.6. The molecule has 1 heteroatoms. The lowest BCUT2D eigenvalue weighted by Gasteiger charge is -2.17. The molecule has 0 fully saturated rings. The lowest BCUT2D eigenvalue weighted by molar-refractivity contribution is 0.358. The van der Waals surface area contributed by atoms with Gasteiger partial charge in [-0.1, -0.05) is 90.1 Å². The Morgan fingerprint density at radius 1 is 1.04 bits per heavy atom. The molecule has 0 bridgehead atoms. The molecule has 0 saturated heterocycles. The van der Waals surface area contributed by atoms with Crippen LogP contribution in [0.1, 0.15) is 70.9 Å². The third-order valence-electron chi connectivity index (χ3n) is 4.18. The normalized spacial score (nSPS) is 13.4. The summed E-state index contributed by atoms with van der Waals surface area (Å²) in [6.07, 6.45) is 7.73. The van der Waals surface area contributed by atoms with Crippen LogP contribution < -0.4 is 0 Å². The van der Waals surface area contributed by atoms with Gasteiger partial charge in [-0.05, 0) is 47.8 Å². The zero-order valence-corrected chi connectivity index (χ0v) is 17.6. The van der Waals surface area contributed by atoms with Gasteiger partial charge in [0.15, 0.2) is 0 Å². The van der Waals surface area contributed by atoms with Crippen molar-refractivity contribution in [1.29, 1.82) is 0 Å². The highest BCUT2D eigenvalue weighted by atomic mass is 28.3. The predicted octanol–water partition coefficient (Wildman–Crippen LogP) is 7.51. The first-order valence-electron chi connectivity index (χ1n) is 9.42. The maximum Gasteiger partial charge on any atom is 0.0690 e. The molecule has 0 aliphatic carbocycles. The Hall–Kier alpha value is -0.823. The Balaban J connectivity index is 2.61. The van der Waals surface area contributed by atoms with Crippen LogP contribution in [0.25, 0.3) is 5.57 Å². The van der Waals surface area contributed by atoms with E-state index in [1.807, 2.05) is 0 Å². The molecule has 0 amide bonds. The highest BCUT2D eigenvalue weighted by molar-refractivity contribution is 6.81. The zero-order valence-electron chi connectivity index (χ0n) is 16.6. The summed E-state index contributed by atoms with van der Waals surface area (Å²) in [5.74, 6) is 0. The maximum atomic E-state index is 2.56. The standard InChI is InChI=1S/C22H38Si/c1-8-20(18-23(5,6)7)21-15-12-14-19(17-21)13-10-9-11-16-22(2,3)4/h12,14-15,17-18H,8-11,13,16H2,1-7H3/b20-18+. The smallest absolute Gasteiger partial charge is 0.0690 e. The van der Waals surface area contributed by atoms with Crippen molar-refractivity contribution in [2.24, 2.45) is 5.41 Å². The topological polar surface area (TPSA) is 0 Å². The largest absolute Gasteiger partial charge is 0.0913 e. The molecule has 0 nitrogen and oxygen atoms in total. The number of hydrogen-bond donors (Lipinski definition) is 0. The number of hydrogen-bond acceptors (Lipinski definition) is 0. The molecule has 1 aromatic carbocycles. The Bertz CT molecular complexity index is 497. The van der Waals surface area contributed by atoms with Gasteiger partial charge in [-0.3, -0.25) is 0 Å². The molecular weight excluding hydrogens is 292 g/mol. The minimum absolute atomic E-state index is 0.484. The van der Waals surface area contributed by atoms with Crippen molar-refractivity contribution in [2.45, 2.75) is 85.9 Å². The third kappa shape index (κ3) is 9.15. The van der Waals surface area contributed by atoms with Gasteiger partial charge in [0.25, 0.3) is 0 Å². The van der Waals surface area contributed by atoms with Crippen molar-refractivity contribution in [1.82, 2.24) is 0 Å². The summed E-state index contributed by atoms with van der Waals surface area (Å²) in [4.78, 5) is 0. The molecule has 0 aliphatic heterocycles. The van der Waals surface area contributed by atoms with Crippen LogP contribution in [-0.2, 0) is 6.42 Å². The van der Waals surface area contributed by atoms with Gasteiger partial charge in [-0.2, -0.15) is 0 Å². The minimum atomic E-state index is -1.16. The van der Waals surface area contributed by atoms with Gasteiger partial charge >= 0.3 is 0 Å². The van der Waals surface area contributed by atoms with Crippen molar-refractivity contribution in [3.8, 4) is 0 Å². The van der Waals surface area contributed by atoms with Crippen LogP contribution in [0, 0.1) is 5.41 Å². The van der Waals surface area contributed by atoms with E-state index in [9.17, 15) is 0 Å². The number of aryl methyl sites for hydroxylation is 1. The van der Waals surface area contributed by atoms with E-state index in [4.69, 9.17) is 0 Å². The summed E-state index contributed by atoms with van der Waals surface area (Å²) < 4.78 is 0. The fraction of sp³-hybridized carbons (Fsp3) is 0.636. The second-order valence-electron chi connectivity index (χ2n) is 9.21. The second kappa shape index (κ2) is 8.87. The van der Waals surface area contributed by atoms with Crippen LogP contribution in [0.15, 0.2) is 30.0 Å². The van der Waals surface area contributed by atoms with Gasteiger partial charge in [-0.15, -0.1) is 0 Å². The quantitative estimate of drug-likeness (QED) is 0.342. The molecule has 0 aromatic heterocycles. The average molecular weight is 331 g/mol. The molecule has 0 unspecified atom stereocenters. The van der Waals surface area contributed by atoms with Gasteiger partial charge in [0.2, 0.25) is 0 Å². The number of benzene rings is 1. The molecular formula is C22H38Si. The van der Waals surface area contributed by atoms with Gasteiger partial charge in [0.1, 0.15) is 0 Å². The first kappa shape index (κ1) is 20.2. The minimum Gasteiger partial charge on any atom is -0.0913 e. The molecule has 1 aromatic rings. The van der Waals surface area contributed by atoms with Crippen LogP contribution in [0.4, 0.5) is 0 Å². The van der Waals surface area contributed by atoms with E-state index in [0.717, 1.165) is 6.42 Å². The molecule has 130 valence electrons. The van der Waals surface area contributed by atoms with Crippen LogP contribution in [0.5, 0.6) is 0 Å². The molecule has 0 saturated carbocycles. The van der Waals surface area contributed by atoms with E-state index < -0.39 is 8.07 Å². The van der Waals surface area contributed by atoms with E-state index >= 15 is 0 Å². The Morgan fingerprint density at radius 3 is 2.30 bits per heavy atom. The second-order valence-corrected chi connectivity index (χ2v) is 14.2. The van der Waals surface area contributed by atoms with Gasteiger partial charge in [0, 0.05) is 0 Å². The first-order valence-corrected chi connectivity index (χ1v) is 13.0. The Kier molecular flexibility index (Phi) is 7.80. The highest BCUT2D eigenvalue weighted by Gasteiger charge is 2.12. The molecule has 0 heterocycles. The Labute approximate surface area is 146 Å². The van der Waals surface area contributed by atoms with E-state index in [1.165, 1.54) is 43.2 Å². The summed E-state index contributed by atoms with van der Waals surface area (Å²) in [6.45, 7) is 16.6. The van der Waals surface area contributed by atoms with E-state index in [-0.39, 0.29) is 0 Å². The molecule has 1 rings (SSSR count). The lowest BCUT2D eigenvalue weighted by atomic mass is 9.89. The molecule has 0 N–H and O–H groups in total. The van der Waals surface area contributed by atoms with Crippen molar-refractivity contribution in [3.63, 3.8) is 0 Å². The fourth-order valence-corrected chi connectivity index (χ4v) is 4.42. The average Bonchev–Trinajstić information content (AvgIpc) is 2.42. The number of unbranched alkanes of at least 4 members (excludes halogenated alkanes) is 2. The summed E-state index contributed by atoms with van der Waals surface area (Å²) in [5, 5.41) is 0. The molecule has 23 heavy (non-hydrogen) atoms. The third-order valence-corrected chi connectivity index (χ3v) is 5.39. The summed E-state index contributed by atoms with van der Waals surface area (Å²) in [5.41, 5.74) is 7.54. The highest BCUT2D eigenvalue weighted by Crippen LogP contribution is 2.24. The van der Waals surface area contributed by atoms with E-state index in [2.05, 4.69) is 77.3 Å². The maximum absolute atomic E-state index is 2.56. The monoisotopic (exact) mass is 330 g/mol. The summed E-state index contributed by atoms with van der Waals surface area (Å²) in [7, 11) is -1.16. The zero-order chi connectivity index (χ0) is 17.5. The number of allylic oxidation sites excluding steroid dienone is 1. The molecule has 0 aliphatic rings. The summed E-state index contributed by atoms with van der Waals surface area (Å²) >= 11 is 0. The number of rotatable bonds is 8. The van der Waals surface area contributed by atoms with Crippen molar-refractivity contribution >= 4 is 13.6 Å². The predicted molar refractivity (Wildman–Crippen MR) is 110 cm³/mol. The van der Waals surface area contributed by atoms with E-state index in [0.29, 0.717) is 5.41 Å². The van der Waals surface area contributed by atoms with Crippen LogP contribution >= 0.6 is 0 Å². The molecule has 0 atom stereocenters. The van der Waals surface area contributed by atoms with E-state index in [1.54, 1.807) is 5.57 Å². The summed E-state index contributed by atoms with van der Waals surface area (Å²) in [6, 6.07) is 9.26. The van der Waals surface area contributed by atoms with Crippen LogP contribution in [0.2, 0.25) is 19.6 Å². The Morgan fingerprint density at radius 2 is 1.74 bits per heavy atom.